The Kier molecular flexibility index (Phi) is 4.56. The number of hydrogen-bond acceptors (Lipinski definition) is 5. The molecule has 1 aliphatic carbocycles. The standard InChI is InChI=1S/C18H20ClNO5/c19-15-3-13-8-23-10-25-17(13)14(4-15)9-24-18(22)12-5-16(21)20(7-12)6-11-1-2-11/h3-4,11-12H,1-2,5-10H2. The summed E-state index contributed by atoms with van der Waals surface area (Å²) in [4.78, 5) is 26.2. The highest BCUT2D eigenvalue weighted by molar-refractivity contribution is 6.30. The number of nitrogens with zero attached hydrogens (tertiary/aromatic N) is 1. The lowest BCUT2D eigenvalue weighted by atomic mass is 10.1. The van der Waals surface area contributed by atoms with Crippen LogP contribution in [0.2, 0.25) is 5.02 Å². The van der Waals surface area contributed by atoms with Crippen molar-refractivity contribution < 1.29 is 23.8 Å². The number of benzene rings is 1. The number of carbonyl (C=O) groups is 2. The van der Waals surface area contributed by atoms with Crippen LogP contribution in [0, 0.1) is 11.8 Å². The molecule has 7 heteroatoms. The average Bonchev–Trinajstić information content (AvgIpc) is 3.34. The SMILES string of the molecule is O=C(OCc1cc(Cl)cc2c1OCOC2)C1CC(=O)N(CC2CC2)C1. The van der Waals surface area contributed by atoms with Gasteiger partial charge in [-0.1, -0.05) is 11.6 Å². The second-order valence-corrected chi connectivity index (χ2v) is 7.35. The van der Waals surface area contributed by atoms with Crippen LogP contribution in [0.15, 0.2) is 12.1 Å². The predicted molar refractivity (Wildman–Crippen MR) is 88.9 cm³/mol. The number of ether oxygens (including phenoxy) is 3. The fraction of sp³-hybridized carbons (Fsp3) is 0.556. The van der Waals surface area contributed by atoms with E-state index in [4.69, 9.17) is 25.8 Å². The van der Waals surface area contributed by atoms with Crippen molar-refractivity contribution in [3.8, 4) is 5.75 Å². The zero-order valence-electron chi connectivity index (χ0n) is 13.8. The molecule has 4 rings (SSSR count). The quantitative estimate of drug-likeness (QED) is 0.750. The van der Waals surface area contributed by atoms with Crippen LogP contribution >= 0.6 is 11.6 Å². The molecule has 1 saturated heterocycles. The monoisotopic (exact) mass is 365 g/mol. The van der Waals surface area contributed by atoms with Crippen LogP contribution in [0.25, 0.3) is 0 Å². The predicted octanol–water partition coefficient (Wildman–Crippen LogP) is 2.51. The maximum Gasteiger partial charge on any atom is 0.311 e. The van der Waals surface area contributed by atoms with Gasteiger partial charge in [-0.15, -0.1) is 0 Å². The number of esters is 1. The number of fused-ring (bicyclic) bond motifs is 1. The third kappa shape index (κ3) is 3.75. The van der Waals surface area contributed by atoms with Gasteiger partial charge in [0, 0.05) is 35.7 Å². The molecule has 25 heavy (non-hydrogen) atoms. The lowest BCUT2D eigenvalue weighted by molar-refractivity contribution is -0.149. The molecule has 1 aromatic carbocycles. The molecule has 1 atom stereocenters. The average molecular weight is 366 g/mol. The maximum absolute atomic E-state index is 12.4. The summed E-state index contributed by atoms with van der Waals surface area (Å²) in [5.41, 5.74) is 1.56. The Morgan fingerprint density at radius 3 is 3.00 bits per heavy atom. The van der Waals surface area contributed by atoms with Gasteiger partial charge in [0.25, 0.3) is 0 Å². The summed E-state index contributed by atoms with van der Waals surface area (Å²) in [7, 11) is 0. The largest absolute Gasteiger partial charge is 0.467 e. The maximum atomic E-state index is 12.4. The van der Waals surface area contributed by atoms with Gasteiger partial charge in [-0.3, -0.25) is 9.59 Å². The fourth-order valence-corrected chi connectivity index (χ4v) is 3.61. The molecule has 0 bridgehead atoms. The summed E-state index contributed by atoms with van der Waals surface area (Å²) in [5.74, 6) is 0.616. The zero-order valence-corrected chi connectivity index (χ0v) is 14.6. The number of halogens is 1. The Morgan fingerprint density at radius 2 is 2.20 bits per heavy atom. The van der Waals surface area contributed by atoms with E-state index in [2.05, 4.69) is 0 Å². The van der Waals surface area contributed by atoms with Crippen LogP contribution in [-0.2, 0) is 32.3 Å². The van der Waals surface area contributed by atoms with E-state index in [9.17, 15) is 9.59 Å². The minimum Gasteiger partial charge on any atom is -0.467 e. The van der Waals surface area contributed by atoms with Gasteiger partial charge < -0.3 is 19.1 Å². The number of rotatable bonds is 5. The summed E-state index contributed by atoms with van der Waals surface area (Å²) in [6.45, 7) is 1.91. The van der Waals surface area contributed by atoms with E-state index in [0.717, 1.165) is 17.7 Å². The van der Waals surface area contributed by atoms with Crippen molar-refractivity contribution >= 4 is 23.5 Å². The number of likely N-dealkylation sites (tertiary alicyclic amines) is 1. The van der Waals surface area contributed by atoms with Crippen molar-refractivity contribution in [2.45, 2.75) is 32.5 Å². The number of carbonyl (C=O) groups excluding carboxylic acids is 2. The highest BCUT2D eigenvalue weighted by Gasteiger charge is 2.38. The Morgan fingerprint density at radius 1 is 1.36 bits per heavy atom. The highest BCUT2D eigenvalue weighted by atomic mass is 35.5. The summed E-state index contributed by atoms with van der Waals surface area (Å²) in [6.07, 6.45) is 2.61. The number of amides is 1. The molecule has 0 N–H and O–H groups in total. The first-order valence-electron chi connectivity index (χ1n) is 8.56. The summed E-state index contributed by atoms with van der Waals surface area (Å²) in [6, 6.07) is 3.52. The number of hydrogen-bond donors (Lipinski definition) is 0. The summed E-state index contributed by atoms with van der Waals surface area (Å²) in [5, 5.41) is 0.547. The molecule has 134 valence electrons. The van der Waals surface area contributed by atoms with Gasteiger partial charge in [0.1, 0.15) is 12.4 Å². The van der Waals surface area contributed by atoms with Crippen molar-refractivity contribution in [1.82, 2.24) is 4.90 Å². The van der Waals surface area contributed by atoms with Gasteiger partial charge >= 0.3 is 5.97 Å². The van der Waals surface area contributed by atoms with Crippen LogP contribution in [0.1, 0.15) is 30.4 Å². The fourth-order valence-electron chi connectivity index (χ4n) is 3.35. The van der Waals surface area contributed by atoms with E-state index in [-0.39, 0.29) is 37.6 Å². The molecule has 1 aromatic rings. The van der Waals surface area contributed by atoms with Gasteiger partial charge in [-0.2, -0.15) is 0 Å². The van der Waals surface area contributed by atoms with Crippen molar-refractivity contribution in [2.24, 2.45) is 11.8 Å². The van der Waals surface area contributed by atoms with Gasteiger partial charge in [0.15, 0.2) is 6.79 Å². The molecule has 0 spiro atoms. The van der Waals surface area contributed by atoms with Crippen LogP contribution < -0.4 is 4.74 Å². The Bertz CT molecular complexity index is 703. The van der Waals surface area contributed by atoms with Crippen LogP contribution in [-0.4, -0.2) is 36.7 Å². The topological polar surface area (TPSA) is 65.1 Å². The molecular formula is C18H20ClNO5. The molecule has 3 aliphatic rings. The van der Waals surface area contributed by atoms with E-state index >= 15 is 0 Å². The molecular weight excluding hydrogens is 346 g/mol. The van der Waals surface area contributed by atoms with Gasteiger partial charge in [0.05, 0.1) is 12.5 Å². The minimum absolute atomic E-state index is 0.0504. The molecule has 0 aromatic heterocycles. The molecule has 2 heterocycles. The Hall–Kier alpha value is -1.79. The first kappa shape index (κ1) is 16.7. The molecule has 2 aliphatic heterocycles. The second-order valence-electron chi connectivity index (χ2n) is 6.91. The normalized spacial score (nSPS) is 22.5. The summed E-state index contributed by atoms with van der Waals surface area (Å²) >= 11 is 6.11. The molecule has 1 amide bonds. The van der Waals surface area contributed by atoms with Crippen molar-refractivity contribution in [2.75, 3.05) is 19.9 Å². The zero-order chi connectivity index (χ0) is 17.4. The van der Waals surface area contributed by atoms with E-state index in [1.165, 1.54) is 12.8 Å². The minimum atomic E-state index is -0.384. The van der Waals surface area contributed by atoms with E-state index < -0.39 is 0 Å². The third-order valence-electron chi connectivity index (χ3n) is 4.84. The van der Waals surface area contributed by atoms with Crippen LogP contribution in [0.3, 0.4) is 0 Å². The van der Waals surface area contributed by atoms with Gasteiger partial charge in [-0.25, -0.2) is 0 Å². The summed E-state index contributed by atoms with van der Waals surface area (Å²) < 4.78 is 16.2. The lowest BCUT2D eigenvalue weighted by Gasteiger charge is -2.21. The first-order chi connectivity index (χ1) is 12.1. The molecule has 0 radical (unpaired) electrons. The van der Waals surface area contributed by atoms with Crippen molar-refractivity contribution in [3.63, 3.8) is 0 Å². The molecule has 2 fully saturated rings. The third-order valence-corrected chi connectivity index (χ3v) is 5.06. The molecule has 6 nitrogen and oxygen atoms in total. The Labute approximate surface area is 151 Å². The smallest absolute Gasteiger partial charge is 0.311 e. The van der Waals surface area contributed by atoms with Crippen LogP contribution in [0.5, 0.6) is 5.75 Å². The van der Waals surface area contributed by atoms with E-state index in [1.807, 2.05) is 0 Å². The highest BCUT2D eigenvalue weighted by Crippen LogP contribution is 2.34. The van der Waals surface area contributed by atoms with Gasteiger partial charge in [0.2, 0.25) is 5.91 Å². The molecule has 1 saturated carbocycles. The molecule has 1 unspecified atom stereocenters. The second kappa shape index (κ2) is 6.84. The van der Waals surface area contributed by atoms with Crippen molar-refractivity contribution in [1.29, 1.82) is 0 Å². The lowest BCUT2D eigenvalue weighted by Crippen LogP contribution is -2.28. The van der Waals surface area contributed by atoms with E-state index in [1.54, 1.807) is 17.0 Å². The van der Waals surface area contributed by atoms with E-state index in [0.29, 0.717) is 29.8 Å². The van der Waals surface area contributed by atoms with Gasteiger partial charge in [-0.05, 0) is 30.9 Å². The first-order valence-corrected chi connectivity index (χ1v) is 8.94. The van der Waals surface area contributed by atoms with Crippen LogP contribution in [0.4, 0.5) is 0 Å². The van der Waals surface area contributed by atoms with Crippen molar-refractivity contribution in [3.05, 3.63) is 28.3 Å². The Balaban J connectivity index is 1.37.